The minimum absolute atomic E-state index is 0.103. The third-order valence-corrected chi connectivity index (χ3v) is 2.96. The fourth-order valence-corrected chi connectivity index (χ4v) is 1.78. The van der Waals surface area contributed by atoms with Crippen LogP contribution >= 0.6 is 12.2 Å². The minimum Gasteiger partial charge on any atom is -0.493 e. The minimum atomic E-state index is -0.103. The van der Waals surface area contributed by atoms with Gasteiger partial charge in [-0.15, -0.1) is 0 Å². The van der Waals surface area contributed by atoms with E-state index in [-0.39, 0.29) is 5.91 Å². The van der Waals surface area contributed by atoms with Crippen LogP contribution in [0.2, 0.25) is 0 Å². The molecule has 0 fully saturated rings. The van der Waals surface area contributed by atoms with Crippen molar-refractivity contribution < 1.29 is 14.3 Å². The van der Waals surface area contributed by atoms with Crippen molar-refractivity contribution in [3.63, 3.8) is 0 Å². The van der Waals surface area contributed by atoms with E-state index in [1.165, 1.54) is 0 Å². The van der Waals surface area contributed by atoms with E-state index < -0.39 is 0 Å². The van der Waals surface area contributed by atoms with E-state index in [9.17, 15) is 4.79 Å². The van der Waals surface area contributed by atoms with E-state index in [0.29, 0.717) is 30.4 Å². The fourth-order valence-electron chi connectivity index (χ4n) is 1.59. The molecule has 0 aliphatic carbocycles. The van der Waals surface area contributed by atoms with Gasteiger partial charge >= 0.3 is 0 Å². The summed E-state index contributed by atoms with van der Waals surface area (Å²) in [5, 5.41) is 5.90. The third kappa shape index (κ3) is 5.99. The average Bonchev–Trinajstić information content (AvgIpc) is 2.50. The molecule has 2 N–H and O–H groups in total. The van der Waals surface area contributed by atoms with Crippen molar-refractivity contribution in [2.75, 3.05) is 13.7 Å². The first-order chi connectivity index (χ1) is 10.1. The molecule has 1 rings (SSSR count). The standard InChI is InChI=1S/C15H22N2O3S/c1-4-8-20-12-7-6-11(9-13(12)19-3)10-16-15(21)17-14(18)5-2/h6-7,9H,4-5,8,10H2,1-3H3,(H2,16,17,18,21). The van der Waals surface area contributed by atoms with Crippen molar-refractivity contribution in [1.29, 1.82) is 0 Å². The number of methoxy groups -OCH3 is 1. The van der Waals surface area contributed by atoms with Crippen molar-refractivity contribution in [2.45, 2.75) is 33.2 Å². The summed E-state index contributed by atoms with van der Waals surface area (Å²) < 4.78 is 10.9. The molecular weight excluding hydrogens is 288 g/mol. The molecule has 0 atom stereocenters. The normalized spacial score (nSPS) is 9.86. The molecule has 116 valence electrons. The lowest BCUT2D eigenvalue weighted by molar-refractivity contribution is -0.119. The largest absolute Gasteiger partial charge is 0.493 e. The van der Waals surface area contributed by atoms with E-state index >= 15 is 0 Å². The van der Waals surface area contributed by atoms with Crippen LogP contribution < -0.4 is 20.1 Å². The predicted molar refractivity (Wildman–Crippen MR) is 86.7 cm³/mol. The van der Waals surface area contributed by atoms with Gasteiger partial charge in [0.15, 0.2) is 16.6 Å². The van der Waals surface area contributed by atoms with Gasteiger partial charge in [0.2, 0.25) is 5.91 Å². The summed E-state index contributed by atoms with van der Waals surface area (Å²) in [6.45, 7) is 4.99. The van der Waals surface area contributed by atoms with E-state index in [2.05, 4.69) is 17.6 Å². The second kappa shape index (κ2) is 9.18. The Hall–Kier alpha value is -1.82. The van der Waals surface area contributed by atoms with Gasteiger partial charge in [-0.3, -0.25) is 4.79 Å². The lowest BCUT2D eigenvalue weighted by atomic mass is 10.2. The van der Waals surface area contributed by atoms with Gasteiger partial charge in [-0.25, -0.2) is 0 Å². The molecule has 1 aromatic rings. The summed E-state index contributed by atoms with van der Waals surface area (Å²) in [6.07, 6.45) is 1.34. The van der Waals surface area contributed by atoms with Gasteiger partial charge in [0.05, 0.1) is 13.7 Å². The van der Waals surface area contributed by atoms with Gasteiger partial charge in [-0.05, 0) is 36.3 Å². The molecular formula is C15H22N2O3S. The zero-order valence-corrected chi connectivity index (χ0v) is 13.5. The molecule has 0 aliphatic heterocycles. The number of nitrogens with one attached hydrogen (secondary N) is 2. The van der Waals surface area contributed by atoms with Gasteiger partial charge in [0.25, 0.3) is 0 Å². The van der Waals surface area contributed by atoms with Crippen molar-refractivity contribution in [2.24, 2.45) is 0 Å². The summed E-state index contributed by atoms with van der Waals surface area (Å²) in [4.78, 5) is 11.2. The molecule has 0 unspecified atom stereocenters. The molecule has 0 heterocycles. The van der Waals surface area contributed by atoms with E-state index in [4.69, 9.17) is 21.7 Å². The smallest absolute Gasteiger partial charge is 0.225 e. The van der Waals surface area contributed by atoms with Gasteiger partial charge in [0, 0.05) is 13.0 Å². The van der Waals surface area contributed by atoms with Crippen LogP contribution in [0.15, 0.2) is 18.2 Å². The number of hydrogen-bond acceptors (Lipinski definition) is 4. The third-order valence-electron chi connectivity index (χ3n) is 2.72. The highest BCUT2D eigenvalue weighted by Crippen LogP contribution is 2.28. The Morgan fingerprint density at radius 1 is 1.29 bits per heavy atom. The number of thiocarbonyl (C=S) groups is 1. The summed E-state index contributed by atoms with van der Waals surface area (Å²) in [7, 11) is 1.61. The first kappa shape index (κ1) is 17.2. The molecule has 6 heteroatoms. The van der Waals surface area contributed by atoms with Crippen molar-refractivity contribution in [1.82, 2.24) is 10.6 Å². The van der Waals surface area contributed by atoms with Crippen LogP contribution in [0.4, 0.5) is 0 Å². The second-order valence-electron chi connectivity index (χ2n) is 4.42. The molecule has 5 nitrogen and oxygen atoms in total. The molecule has 1 aromatic carbocycles. The Morgan fingerprint density at radius 3 is 2.67 bits per heavy atom. The molecule has 21 heavy (non-hydrogen) atoms. The van der Waals surface area contributed by atoms with Crippen LogP contribution in [-0.4, -0.2) is 24.7 Å². The zero-order chi connectivity index (χ0) is 15.7. The summed E-state index contributed by atoms with van der Waals surface area (Å²) in [6, 6.07) is 5.70. The first-order valence-corrected chi connectivity index (χ1v) is 7.38. The number of carbonyl (C=O) groups is 1. The monoisotopic (exact) mass is 310 g/mol. The molecule has 0 bridgehead atoms. The Labute approximate surface area is 131 Å². The van der Waals surface area contributed by atoms with Gasteiger partial charge in [-0.1, -0.05) is 19.9 Å². The Bertz CT molecular complexity index is 492. The van der Waals surface area contributed by atoms with Crippen LogP contribution in [0.25, 0.3) is 0 Å². The van der Waals surface area contributed by atoms with Crippen molar-refractivity contribution >= 4 is 23.2 Å². The van der Waals surface area contributed by atoms with Gasteiger partial charge in [-0.2, -0.15) is 0 Å². The SMILES string of the molecule is CCCOc1ccc(CNC(=S)NC(=O)CC)cc1OC. The van der Waals surface area contributed by atoms with Crippen LogP contribution in [0.1, 0.15) is 32.3 Å². The number of ether oxygens (including phenoxy) is 2. The topological polar surface area (TPSA) is 59.6 Å². The van der Waals surface area contributed by atoms with E-state index in [0.717, 1.165) is 17.7 Å². The maximum Gasteiger partial charge on any atom is 0.225 e. The first-order valence-electron chi connectivity index (χ1n) is 6.98. The number of rotatable bonds is 7. The average molecular weight is 310 g/mol. The number of benzene rings is 1. The fraction of sp³-hybridized carbons (Fsp3) is 0.467. The van der Waals surface area contributed by atoms with Crippen LogP contribution in [0, 0.1) is 0 Å². The lowest BCUT2D eigenvalue weighted by Gasteiger charge is -2.13. The number of carbonyl (C=O) groups excluding carboxylic acids is 1. The van der Waals surface area contributed by atoms with Crippen molar-refractivity contribution in [3.05, 3.63) is 23.8 Å². The van der Waals surface area contributed by atoms with Gasteiger partial charge in [0.1, 0.15) is 0 Å². The summed E-state index contributed by atoms with van der Waals surface area (Å²) in [5.41, 5.74) is 0.990. The predicted octanol–water partition coefficient (Wildman–Crippen LogP) is 2.38. The summed E-state index contributed by atoms with van der Waals surface area (Å²) in [5.74, 6) is 1.31. The second-order valence-corrected chi connectivity index (χ2v) is 4.83. The van der Waals surface area contributed by atoms with Crippen LogP contribution in [-0.2, 0) is 11.3 Å². The maximum absolute atomic E-state index is 11.2. The van der Waals surface area contributed by atoms with E-state index in [1.54, 1.807) is 14.0 Å². The Balaban J connectivity index is 2.59. The van der Waals surface area contributed by atoms with Gasteiger partial charge < -0.3 is 20.1 Å². The molecule has 0 spiro atoms. The number of hydrogen-bond donors (Lipinski definition) is 2. The highest BCUT2D eigenvalue weighted by molar-refractivity contribution is 7.80. The Kier molecular flexibility index (Phi) is 7.53. The summed E-state index contributed by atoms with van der Waals surface area (Å²) >= 11 is 5.04. The molecule has 1 amide bonds. The van der Waals surface area contributed by atoms with Crippen LogP contribution in [0.3, 0.4) is 0 Å². The zero-order valence-electron chi connectivity index (χ0n) is 12.7. The molecule has 0 aromatic heterocycles. The molecule has 0 saturated heterocycles. The van der Waals surface area contributed by atoms with Crippen LogP contribution in [0.5, 0.6) is 11.5 Å². The highest BCUT2D eigenvalue weighted by atomic mass is 32.1. The van der Waals surface area contributed by atoms with Crippen molar-refractivity contribution in [3.8, 4) is 11.5 Å². The molecule has 0 aliphatic rings. The molecule has 0 radical (unpaired) electrons. The maximum atomic E-state index is 11.2. The highest BCUT2D eigenvalue weighted by Gasteiger charge is 2.06. The van der Waals surface area contributed by atoms with E-state index in [1.807, 2.05) is 18.2 Å². The molecule has 0 saturated carbocycles. The Morgan fingerprint density at radius 2 is 2.05 bits per heavy atom. The quantitative estimate of drug-likeness (QED) is 0.757. The number of amides is 1. The lowest BCUT2D eigenvalue weighted by Crippen LogP contribution is -2.38.